The molecule has 0 bridgehead atoms. The molecule has 166 valence electrons. The normalized spacial score (nSPS) is 23.7. The van der Waals surface area contributed by atoms with Gasteiger partial charge in [0.15, 0.2) is 0 Å². The van der Waals surface area contributed by atoms with Crippen LogP contribution in [-0.2, 0) is 19.6 Å². The standard InChI is InChI=1S/C21H30ClN3O4S/c1-4-11-30(28,29)24-13-19(26)25(18-10-9-16(22)12-15(18)2)21(3,14-24)20(27)23-17-7-5-6-8-17/h9-10,12,17H,4-8,11,13-14H2,1-3H3,(H,23,27)/t21-/m1/s1. The Labute approximate surface area is 183 Å². The van der Waals surface area contributed by atoms with Crippen molar-refractivity contribution in [2.45, 2.75) is 64.5 Å². The van der Waals surface area contributed by atoms with Crippen LogP contribution in [0.5, 0.6) is 0 Å². The molecule has 1 saturated carbocycles. The van der Waals surface area contributed by atoms with Gasteiger partial charge in [0.05, 0.1) is 12.3 Å². The average Bonchev–Trinajstić information content (AvgIpc) is 3.15. The molecule has 7 nitrogen and oxygen atoms in total. The van der Waals surface area contributed by atoms with Crippen LogP contribution in [0.4, 0.5) is 5.69 Å². The molecule has 3 rings (SSSR count). The number of halogens is 1. The van der Waals surface area contributed by atoms with Crippen LogP contribution in [0, 0.1) is 6.92 Å². The Morgan fingerprint density at radius 1 is 1.30 bits per heavy atom. The van der Waals surface area contributed by atoms with E-state index in [2.05, 4.69) is 5.32 Å². The van der Waals surface area contributed by atoms with E-state index in [1.807, 2.05) is 6.92 Å². The third-order valence-electron chi connectivity index (χ3n) is 5.97. The van der Waals surface area contributed by atoms with Gasteiger partial charge in [-0.1, -0.05) is 31.4 Å². The maximum absolute atomic E-state index is 13.5. The summed E-state index contributed by atoms with van der Waals surface area (Å²) in [4.78, 5) is 28.2. The summed E-state index contributed by atoms with van der Waals surface area (Å²) in [6.45, 7) is 4.89. The van der Waals surface area contributed by atoms with Crippen molar-refractivity contribution in [3.63, 3.8) is 0 Å². The summed E-state index contributed by atoms with van der Waals surface area (Å²) in [6.07, 6.45) is 4.34. The second-order valence-electron chi connectivity index (χ2n) is 8.47. The van der Waals surface area contributed by atoms with Gasteiger partial charge in [0.2, 0.25) is 21.8 Å². The first-order valence-corrected chi connectivity index (χ1v) is 12.4. The molecule has 9 heteroatoms. The largest absolute Gasteiger partial charge is 0.351 e. The Morgan fingerprint density at radius 2 is 1.97 bits per heavy atom. The lowest BCUT2D eigenvalue weighted by Crippen LogP contribution is -2.71. The summed E-state index contributed by atoms with van der Waals surface area (Å²) in [6, 6.07) is 5.18. The molecule has 2 fully saturated rings. The zero-order chi connectivity index (χ0) is 22.1. The third-order valence-corrected chi connectivity index (χ3v) is 8.18. The van der Waals surface area contributed by atoms with E-state index in [0.717, 1.165) is 35.6 Å². The number of anilines is 1. The van der Waals surface area contributed by atoms with Crippen LogP contribution in [0.25, 0.3) is 0 Å². The fraction of sp³-hybridized carbons (Fsp3) is 0.619. The summed E-state index contributed by atoms with van der Waals surface area (Å²) < 4.78 is 26.7. The van der Waals surface area contributed by atoms with Gasteiger partial charge in [-0.2, -0.15) is 4.31 Å². The lowest BCUT2D eigenvalue weighted by atomic mass is 9.93. The first-order chi connectivity index (χ1) is 14.1. The quantitative estimate of drug-likeness (QED) is 0.714. The minimum absolute atomic E-state index is 0.0550. The van der Waals surface area contributed by atoms with Crippen LogP contribution in [0.1, 0.15) is 51.5 Å². The van der Waals surface area contributed by atoms with Crippen molar-refractivity contribution in [1.29, 1.82) is 0 Å². The van der Waals surface area contributed by atoms with Crippen LogP contribution in [0.2, 0.25) is 5.02 Å². The van der Waals surface area contributed by atoms with Crippen molar-refractivity contribution in [2.75, 3.05) is 23.7 Å². The number of aryl methyl sites for hydroxylation is 1. The highest BCUT2D eigenvalue weighted by Crippen LogP contribution is 2.34. The molecule has 0 spiro atoms. The van der Waals surface area contributed by atoms with Gasteiger partial charge >= 0.3 is 0 Å². The van der Waals surface area contributed by atoms with Gasteiger partial charge in [0, 0.05) is 23.3 Å². The molecule has 2 aliphatic rings. The number of hydrogen-bond donors (Lipinski definition) is 1. The zero-order valence-corrected chi connectivity index (χ0v) is 19.4. The second-order valence-corrected chi connectivity index (χ2v) is 11.0. The molecule has 1 heterocycles. The molecular formula is C21H30ClN3O4S. The van der Waals surface area contributed by atoms with Crippen LogP contribution in [0.3, 0.4) is 0 Å². The summed E-state index contributed by atoms with van der Waals surface area (Å²) in [5.74, 6) is -0.801. The molecule has 0 aromatic heterocycles. The highest BCUT2D eigenvalue weighted by Gasteiger charge is 2.51. The van der Waals surface area contributed by atoms with Gasteiger partial charge in [-0.15, -0.1) is 0 Å². The molecule has 1 atom stereocenters. The van der Waals surface area contributed by atoms with Gasteiger partial charge in [-0.05, 0) is 56.9 Å². The highest BCUT2D eigenvalue weighted by atomic mass is 35.5. The molecule has 1 aromatic carbocycles. The van der Waals surface area contributed by atoms with E-state index in [1.54, 1.807) is 32.0 Å². The fourth-order valence-electron chi connectivity index (χ4n) is 4.40. The predicted molar refractivity (Wildman–Crippen MR) is 118 cm³/mol. The number of benzene rings is 1. The maximum atomic E-state index is 13.5. The summed E-state index contributed by atoms with van der Waals surface area (Å²) in [5, 5.41) is 3.60. The number of carbonyl (C=O) groups is 2. The number of piperazine rings is 1. The number of rotatable bonds is 6. The number of nitrogens with one attached hydrogen (secondary N) is 1. The predicted octanol–water partition coefficient (Wildman–Crippen LogP) is 2.85. The molecule has 0 unspecified atom stereocenters. The minimum Gasteiger partial charge on any atom is -0.351 e. The second kappa shape index (κ2) is 8.85. The van der Waals surface area contributed by atoms with E-state index in [-0.39, 0.29) is 30.8 Å². The van der Waals surface area contributed by atoms with Crippen molar-refractivity contribution in [2.24, 2.45) is 0 Å². The molecule has 30 heavy (non-hydrogen) atoms. The van der Waals surface area contributed by atoms with E-state index in [0.29, 0.717) is 17.1 Å². The zero-order valence-electron chi connectivity index (χ0n) is 17.8. The smallest absolute Gasteiger partial charge is 0.247 e. The van der Waals surface area contributed by atoms with Crippen molar-refractivity contribution in [3.8, 4) is 0 Å². The van der Waals surface area contributed by atoms with E-state index in [4.69, 9.17) is 11.6 Å². The van der Waals surface area contributed by atoms with Crippen LogP contribution < -0.4 is 10.2 Å². The fourth-order valence-corrected chi connectivity index (χ4v) is 6.16. The van der Waals surface area contributed by atoms with Crippen LogP contribution in [-0.4, -0.2) is 55.0 Å². The van der Waals surface area contributed by atoms with Crippen molar-refractivity contribution < 1.29 is 18.0 Å². The molecule has 0 radical (unpaired) electrons. The first-order valence-electron chi connectivity index (χ1n) is 10.5. The molecular weight excluding hydrogens is 426 g/mol. The number of hydrogen-bond acceptors (Lipinski definition) is 4. The number of sulfonamides is 1. The van der Waals surface area contributed by atoms with Gasteiger partial charge in [-0.3, -0.25) is 14.5 Å². The van der Waals surface area contributed by atoms with E-state index >= 15 is 0 Å². The lowest BCUT2D eigenvalue weighted by Gasteiger charge is -2.47. The maximum Gasteiger partial charge on any atom is 0.247 e. The Morgan fingerprint density at radius 3 is 2.57 bits per heavy atom. The number of amides is 2. The van der Waals surface area contributed by atoms with Gasteiger partial charge in [-0.25, -0.2) is 8.42 Å². The van der Waals surface area contributed by atoms with Crippen LogP contribution >= 0.6 is 11.6 Å². The van der Waals surface area contributed by atoms with Crippen LogP contribution in [0.15, 0.2) is 18.2 Å². The SMILES string of the molecule is CCCS(=O)(=O)N1CC(=O)N(c2ccc(Cl)cc2C)[C@@](C)(C(=O)NC2CCCC2)C1. The van der Waals surface area contributed by atoms with E-state index in [1.165, 1.54) is 4.90 Å². The van der Waals surface area contributed by atoms with Gasteiger partial charge in [0.25, 0.3) is 0 Å². The topological polar surface area (TPSA) is 86.8 Å². The summed E-state index contributed by atoms with van der Waals surface area (Å²) >= 11 is 6.09. The van der Waals surface area contributed by atoms with E-state index < -0.39 is 21.5 Å². The minimum atomic E-state index is -3.64. The first kappa shape index (κ1) is 23.0. The Balaban J connectivity index is 2.02. The molecule has 2 amide bonds. The Kier molecular flexibility index (Phi) is 6.79. The van der Waals surface area contributed by atoms with Crippen molar-refractivity contribution >= 4 is 39.1 Å². The Bertz CT molecular complexity index is 930. The lowest BCUT2D eigenvalue weighted by molar-refractivity contribution is -0.133. The molecule has 1 aliphatic carbocycles. The molecule has 1 N–H and O–H groups in total. The van der Waals surface area contributed by atoms with E-state index in [9.17, 15) is 18.0 Å². The number of nitrogens with zero attached hydrogens (tertiary/aromatic N) is 2. The molecule has 1 aliphatic heterocycles. The average molecular weight is 456 g/mol. The number of carbonyl (C=O) groups excluding carboxylic acids is 2. The Hall–Kier alpha value is -1.64. The third kappa shape index (κ3) is 4.50. The highest BCUT2D eigenvalue weighted by molar-refractivity contribution is 7.89. The monoisotopic (exact) mass is 455 g/mol. The molecule has 1 aromatic rings. The van der Waals surface area contributed by atoms with Crippen molar-refractivity contribution in [3.05, 3.63) is 28.8 Å². The molecule has 1 saturated heterocycles. The van der Waals surface area contributed by atoms with Crippen molar-refractivity contribution in [1.82, 2.24) is 9.62 Å². The summed E-state index contributed by atoms with van der Waals surface area (Å²) in [5.41, 5.74) is -0.0428. The van der Waals surface area contributed by atoms with Gasteiger partial charge < -0.3 is 5.32 Å². The van der Waals surface area contributed by atoms with Gasteiger partial charge in [0.1, 0.15) is 5.54 Å². The summed E-state index contributed by atoms with van der Waals surface area (Å²) in [7, 11) is -3.64.